The first-order chi connectivity index (χ1) is 5.20. The second-order valence-corrected chi connectivity index (χ2v) is 3.15. The first-order valence-corrected chi connectivity index (χ1v) is 4.67. The molecule has 0 fully saturated rings. The molecule has 0 aromatic carbocycles. The Morgan fingerprint density at radius 1 is 0.857 bits per heavy atom. The second kappa shape index (κ2) is 16.6. The molecule has 0 saturated carbocycles. The van der Waals surface area contributed by atoms with Crippen molar-refractivity contribution in [2.24, 2.45) is 0 Å². The molecule has 5 heteroatoms. The van der Waals surface area contributed by atoms with Crippen molar-refractivity contribution in [3.05, 3.63) is 0 Å². The van der Waals surface area contributed by atoms with E-state index in [4.69, 9.17) is 0 Å². The number of hydrogen-bond donors (Lipinski definition) is 2. The van der Waals surface area contributed by atoms with E-state index >= 15 is 0 Å². The first kappa shape index (κ1) is 24.4. The smallest absolute Gasteiger partial charge is 1.00 e. The summed E-state index contributed by atoms with van der Waals surface area (Å²) in [4.78, 5) is 0. The van der Waals surface area contributed by atoms with Crippen LogP contribution in [0.1, 0.15) is 34.1 Å². The third-order valence-corrected chi connectivity index (χ3v) is 1.81. The van der Waals surface area contributed by atoms with Crippen LogP contribution in [-0.2, 0) is 21.1 Å². The van der Waals surface area contributed by atoms with E-state index in [2.05, 4.69) is 38.3 Å². The van der Waals surface area contributed by atoms with Crippen LogP contribution in [0, 0.1) is 0 Å². The molecule has 92 valence electrons. The maximum Gasteiger partial charge on any atom is 2.00 e. The van der Waals surface area contributed by atoms with E-state index in [1.807, 2.05) is 0 Å². The van der Waals surface area contributed by atoms with Gasteiger partial charge in [0, 0.05) is 12.1 Å². The van der Waals surface area contributed by atoms with Gasteiger partial charge >= 0.3 is 21.1 Å². The predicted octanol–water partition coefficient (Wildman–Crippen LogP) is -4.62. The predicted molar refractivity (Wildman–Crippen MR) is 50.9 cm³/mol. The van der Waals surface area contributed by atoms with Crippen LogP contribution in [-0.4, -0.2) is 25.2 Å². The fourth-order valence-electron chi connectivity index (χ4n) is 1.39. The molecule has 0 aliphatic carbocycles. The van der Waals surface area contributed by atoms with Crippen LogP contribution in [0.2, 0.25) is 0 Å². The van der Waals surface area contributed by atoms with Crippen LogP contribution < -0.4 is 35.4 Å². The van der Waals surface area contributed by atoms with Crippen molar-refractivity contribution < 1.29 is 45.9 Å². The van der Waals surface area contributed by atoms with Gasteiger partial charge in [0.15, 0.2) is 0 Å². The van der Waals surface area contributed by atoms with Crippen LogP contribution in [0.5, 0.6) is 0 Å². The van der Waals surface area contributed by atoms with E-state index in [9.17, 15) is 0 Å². The Morgan fingerprint density at radius 2 is 1.14 bits per heavy atom. The van der Waals surface area contributed by atoms with Gasteiger partial charge < -0.3 is 35.4 Å². The molecular weight excluding hydrogens is 402 g/mol. The van der Waals surface area contributed by atoms with Crippen molar-refractivity contribution in [3.63, 3.8) is 0 Å². The Morgan fingerprint density at radius 3 is 1.36 bits per heavy atom. The van der Waals surface area contributed by atoms with Gasteiger partial charge in [-0.3, -0.25) is 0 Å². The molecule has 0 amide bonds. The van der Waals surface area contributed by atoms with E-state index in [1.54, 1.807) is 0 Å². The normalized spacial score (nSPS) is 12.9. The van der Waals surface area contributed by atoms with Crippen molar-refractivity contribution >= 4 is 0 Å². The molecule has 0 bridgehead atoms. The Balaban J connectivity index is -0.000000167. The van der Waals surface area contributed by atoms with Crippen molar-refractivity contribution in [1.82, 2.24) is 10.6 Å². The van der Waals surface area contributed by atoms with Crippen LogP contribution in [0.4, 0.5) is 0 Å². The standard InChI is InChI=1S/C9H22N2.2ClH.Pt/c1-5-10-8(3)7-9(4)11-6-2;;;/h8-11H,5-7H2,1-4H3;2*1H;/q;;;+2/p-2/t8-,9-;;;/m0.../s1. The summed E-state index contributed by atoms with van der Waals surface area (Å²) in [5.74, 6) is 0. The van der Waals surface area contributed by atoms with Crippen LogP contribution in [0.25, 0.3) is 0 Å². The van der Waals surface area contributed by atoms with E-state index in [0.717, 1.165) is 13.1 Å². The summed E-state index contributed by atoms with van der Waals surface area (Å²) in [6, 6.07) is 1.27. The molecule has 0 radical (unpaired) electrons. The number of hydrogen-bond acceptors (Lipinski definition) is 2. The Labute approximate surface area is 115 Å². The average Bonchev–Trinajstić information content (AvgIpc) is 1.87. The van der Waals surface area contributed by atoms with Gasteiger partial charge in [-0.15, -0.1) is 0 Å². The molecule has 2 nitrogen and oxygen atoms in total. The van der Waals surface area contributed by atoms with Gasteiger partial charge in [-0.2, -0.15) is 0 Å². The Hall–Kier alpha value is 1.19. The molecule has 0 aliphatic rings. The molecule has 0 aromatic rings. The van der Waals surface area contributed by atoms with Crippen molar-refractivity contribution in [3.8, 4) is 0 Å². The van der Waals surface area contributed by atoms with Gasteiger partial charge in [0.05, 0.1) is 0 Å². The van der Waals surface area contributed by atoms with Gasteiger partial charge in [0.2, 0.25) is 0 Å². The molecular formula is C9H22Cl2N2Pt. The van der Waals surface area contributed by atoms with E-state index in [-0.39, 0.29) is 45.9 Å². The number of nitrogens with one attached hydrogen (secondary N) is 2. The van der Waals surface area contributed by atoms with Gasteiger partial charge in [-0.05, 0) is 33.4 Å². The largest absolute Gasteiger partial charge is 2.00 e. The quantitative estimate of drug-likeness (QED) is 0.449. The summed E-state index contributed by atoms with van der Waals surface area (Å²) < 4.78 is 0. The van der Waals surface area contributed by atoms with Gasteiger partial charge in [-0.25, -0.2) is 0 Å². The molecule has 0 aliphatic heterocycles. The summed E-state index contributed by atoms with van der Waals surface area (Å²) in [5, 5.41) is 6.79. The maximum atomic E-state index is 3.39. The van der Waals surface area contributed by atoms with Crippen molar-refractivity contribution in [1.29, 1.82) is 0 Å². The van der Waals surface area contributed by atoms with Gasteiger partial charge in [-0.1, -0.05) is 13.8 Å². The average molecular weight is 424 g/mol. The van der Waals surface area contributed by atoms with Crippen LogP contribution >= 0.6 is 0 Å². The van der Waals surface area contributed by atoms with E-state index < -0.39 is 0 Å². The zero-order valence-electron chi connectivity index (χ0n) is 9.35. The number of rotatable bonds is 6. The molecule has 14 heavy (non-hydrogen) atoms. The molecule has 0 spiro atoms. The second-order valence-electron chi connectivity index (χ2n) is 3.15. The SMILES string of the molecule is CCN[C@@H](C)C[C@H](C)NCC.[Cl-].[Cl-].[Pt+2]. The summed E-state index contributed by atoms with van der Waals surface area (Å²) in [7, 11) is 0. The maximum absolute atomic E-state index is 3.39. The first-order valence-electron chi connectivity index (χ1n) is 4.67. The molecule has 2 atom stereocenters. The van der Waals surface area contributed by atoms with Crippen molar-refractivity contribution in [2.75, 3.05) is 13.1 Å². The van der Waals surface area contributed by atoms with E-state index in [0.29, 0.717) is 12.1 Å². The third kappa shape index (κ3) is 15.7. The summed E-state index contributed by atoms with van der Waals surface area (Å²) >= 11 is 0. The third-order valence-electron chi connectivity index (χ3n) is 1.81. The fourth-order valence-corrected chi connectivity index (χ4v) is 1.39. The summed E-state index contributed by atoms with van der Waals surface area (Å²) in [6.07, 6.45) is 1.21. The monoisotopic (exact) mass is 423 g/mol. The molecule has 0 heterocycles. The molecule has 0 rings (SSSR count). The molecule has 2 N–H and O–H groups in total. The minimum Gasteiger partial charge on any atom is -1.00 e. The van der Waals surface area contributed by atoms with Crippen LogP contribution in [0.3, 0.4) is 0 Å². The minimum absolute atomic E-state index is 0. The summed E-state index contributed by atoms with van der Waals surface area (Å²) in [5.41, 5.74) is 0. The zero-order valence-corrected chi connectivity index (χ0v) is 13.1. The minimum atomic E-state index is 0. The molecule has 0 aromatic heterocycles. The molecule has 0 unspecified atom stereocenters. The topological polar surface area (TPSA) is 24.1 Å². The zero-order chi connectivity index (χ0) is 8.69. The van der Waals surface area contributed by atoms with E-state index in [1.165, 1.54) is 6.42 Å². The van der Waals surface area contributed by atoms with Gasteiger partial charge in [0.25, 0.3) is 0 Å². The fraction of sp³-hybridized carbons (Fsp3) is 1.00. The number of halogens is 2. The Bertz CT molecular complexity index is 86.9. The molecule has 0 saturated heterocycles. The van der Waals surface area contributed by atoms with Crippen molar-refractivity contribution in [2.45, 2.75) is 46.2 Å². The van der Waals surface area contributed by atoms with Gasteiger partial charge in [0.1, 0.15) is 0 Å². The summed E-state index contributed by atoms with van der Waals surface area (Å²) in [6.45, 7) is 10.9. The Kier molecular flexibility index (Phi) is 29.0. The van der Waals surface area contributed by atoms with Crippen LogP contribution in [0.15, 0.2) is 0 Å².